The molecule has 10 heteroatoms. The van der Waals surface area contributed by atoms with Crippen molar-refractivity contribution in [3.63, 3.8) is 0 Å². The van der Waals surface area contributed by atoms with Gasteiger partial charge < -0.3 is 10.0 Å². The lowest BCUT2D eigenvalue weighted by molar-refractivity contribution is -0.135. The monoisotopic (exact) mass is 451 g/mol. The summed E-state index contributed by atoms with van der Waals surface area (Å²) in [5.74, 6) is -0.916. The van der Waals surface area contributed by atoms with Crippen LogP contribution in [-0.4, -0.2) is 49.8 Å². The van der Waals surface area contributed by atoms with Gasteiger partial charge in [-0.15, -0.1) is 0 Å². The van der Waals surface area contributed by atoms with Crippen LogP contribution in [0.25, 0.3) is 10.9 Å². The van der Waals surface area contributed by atoms with E-state index in [4.69, 9.17) is 0 Å². The van der Waals surface area contributed by atoms with Crippen LogP contribution in [0.2, 0.25) is 0 Å². The molecule has 0 aliphatic carbocycles. The molecule has 0 saturated heterocycles. The minimum absolute atomic E-state index is 0.0987. The van der Waals surface area contributed by atoms with Crippen LogP contribution in [0.3, 0.4) is 0 Å². The summed E-state index contributed by atoms with van der Waals surface area (Å²) in [7, 11) is -3.88. The van der Waals surface area contributed by atoms with Crippen LogP contribution in [0.1, 0.15) is 29.7 Å². The van der Waals surface area contributed by atoms with Crippen LogP contribution in [0.15, 0.2) is 65.8 Å². The number of carbonyl (C=O) groups excluding carboxylic acids is 1. The zero-order valence-electron chi connectivity index (χ0n) is 17.2. The molecule has 164 valence electrons. The van der Waals surface area contributed by atoms with Crippen molar-refractivity contribution in [1.82, 2.24) is 24.3 Å². The molecule has 2 aromatic carbocycles. The molecule has 2 N–H and O–H groups in total. The first kappa shape index (κ1) is 20.4. The molecule has 0 spiro atoms. The zero-order valence-corrected chi connectivity index (χ0v) is 18.0. The fourth-order valence-corrected chi connectivity index (χ4v) is 5.27. The molecule has 2 aromatic heterocycles. The van der Waals surface area contributed by atoms with Crippen LogP contribution < -0.4 is 0 Å². The zero-order chi connectivity index (χ0) is 22.5. The molecule has 0 saturated carbocycles. The van der Waals surface area contributed by atoms with Crippen LogP contribution >= 0.6 is 0 Å². The SMILES string of the molecule is C[C@@H](O)[C@@H](C(=O)N1Cc2cn(S(=O)(=O)c3ccc4cn[nH]c4c3)nc2C1)c1ccccc1. The maximum Gasteiger partial charge on any atom is 0.283 e. The van der Waals surface area contributed by atoms with E-state index in [9.17, 15) is 18.3 Å². The summed E-state index contributed by atoms with van der Waals surface area (Å²) in [4.78, 5) is 14.9. The largest absolute Gasteiger partial charge is 0.392 e. The van der Waals surface area contributed by atoms with Crippen molar-refractivity contribution in [1.29, 1.82) is 0 Å². The number of aromatic amines is 1. The molecule has 1 aliphatic rings. The van der Waals surface area contributed by atoms with Crippen LogP contribution in [-0.2, 0) is 27.9 Å². The second-order valence-electron chi connectivity index (χ2n) is 7.92. The third-order valence-electron chi connectivity index (χ3n) is 5.73. The molecular weight excluding hydrogens is 430 g/mol. The van der Waals surface area contributed by atoms with Gasteiger partial charge in [0, 0.05) is 23.7 Å². The predicted octanol–water partition coefficient (Wildman–Crippen LogP) is 2.00. The van der Waals surface area contributed by atoms with Crippen molar-refractivity contribution in [2.75, 3.05) is 0 Å². The minimum atomic E-state index is -3.88. The Morgan fingerprint density at radius 2 is 1.94 bits per heavy atom. The number of rotatable bonds is 5. The lowest BCUT2D eigenvalue weighted by Crippen LogP contribution is -2.36. The standard InChI is InChI=1S/C22H21N5O4S/c1-14(28)21(15-5-3-2-4-6-15)22(29)26-11-17-12-27(25-20(17)13-26)32(30,31)18-8-7-16-10-23-24-19(16)9-18/h2-10,12,14,21,28H,11,13H2,1H3,(H,23,24)/t14-,21-/m1/s1. The van der Waals surface area contributed by atoms with Gasteiger partial charge in [0.2, 0.25) is 5.91 Å². The normalized spacial score (nSPS) is 15.6. The van der Waals surface area contributed by atoms with Crippen molar-refractivity contribution in [2.24, 2.45) is 0 Å². The first-order chi connectivity index (χ1) is 15.3. The van der Waals surface area contributed by atoms with Gasteiger partial charge in [0.05, 0.1) is 40.9 Å². The summed E-state index contributed by atoms with van der Waals surface area (Å²) in [5, 5.41) is 22.0. The molecule has 0 bridgehead atoms. The average Bonchev–Trinajstić information content (AvgIpc) is 3.48. The number of nitrogens with one attached hydrogen (secondary N) is 1. The molecule has 4 aromatic rings. The fraction of sp³-hybridized carbons (Fsp3) is 0.227. The van der Waals surface area contributed by atoms with Crippen molar-refractivity contribution in [3.05, 3.63) is 77.7 Å². The number of fused-ring (bicyclic) bond motifs is 2. The molecule has 5 rings (SSSR count). The maximum atomic E-state index is 13.2. The number of aromatic nitrogens is 4. The number of H-pyrrole nitrogens is 1. The van der Waals surface area contributed by atoms with Crippen molar-refractivity contribution >= 4 is 26.8 Å². The molecule has 2 atom stereocenters. The Bertz CT molecular complexity index is 1390. The summed E-state index contributed by atoms with van der Waals surface area (Å²) < 4.78 is 27.1. The van der Waals surface area contributed by atoms with Gasteiger partial charge in [0.25, 0.3) is 10.0 Å². The molecule has 9 nitrogen and oxygen atoms in total. The number of benzene rings is 2. The van der Waals surface area contributed by atoms with E-state index in [0.717, 1.165) is 15.0 Å². The second kappa shape index (κ2) is 7.57. The van der Waals surface area contributed by atoms with E-state index in [2.05, 4.69) is 15.3 Å². The fourth-order valence-electron chi connectivity index (χ4n) is 4.08. The molecule has 32 heavy (non-hydrogen) atoms. The maximum absolute atomic E-state index is 13.2. The molecule has 0 radical (unpaired) electrons. The smallest absolute Gasteiger partial charge is 0.283 e. The van der Waals surface area contributed by atoms with E-state index < -0.39 is 22.0 Å². The highest BCUT2D eigenvalue weighted by Gasteiger charge is 2.35. The average molecular weight is 452 g/mol. The molecular formula is C22H21N5O4S. The lowest BCUT2D eigenvalue weighted by atomic mass is 9.93. The van der Waals surface area contributed by atoms with Crippen LogP contribution in [0, 0.1) is 0 Å². The van der Waals surface area contributed by atoms with Gasteiger partial charge in [-0.3, -0.25) is 9.89 Å². The number of carbonyl (C=O) groups is 1. The van der Waals surface area contributed by atoms with Gasteiger partial charge in [-0.25, -0.2) is 0 Å². The number of nitrogens with zero attached hydrogens (tertiary/aromatic N) is 4. The number of hydrogen-bond acceptors (Lipinski definition) is 6. The van der Waals surface area contributed by atoms with Crippen LogP contribution in [0.4, 0.5) is 0 Å². The highest BCUT2D eigenvalue weighted by atomic mass is 32.2. The summed E-state index contributed by atoms with van der Waals surface area (Å²) in [6.45, 7) is 2.01. The van der Waals surface area contributed by atoms with Crippen molar-refractivity contribution in [3.8, 4) is 0 Å². The lowest BCUT2D eigenvalue weighted by Gasteiger charge is -2.25. The van der Waals surface area contributed by atoms with E-state index in [1.165, 1.54) is 18.3 Å². The first-order valence-electron chi connectivity index (χ1n) is 10.1. The highest BCUT2D eigenvalue weighted by Crippen LogP contribution is 2.29. The van der Waals surface area contributed by atoms with E-state index in [1.54, 1.807) is 24.1 Å². The van der Waals surface area contributed by atoms with Gasteiger partial charge in [-0.05, 0) is 30.7 Å². The third kappa shape index (κ3) is 3.37. The minimum Gasteiger partial charge on any atom is -0.392 e. The van der Waals surface area contributed by atoms with Crippen LogP contribution in [0.5, 0.6) is 0 Å². The van der Waals surface area contributed by atoms with Crippen molar-refractivity contribution in [2.45, 2.75) is 36.9 Å². The van der Waals surface area contributed by atoms with E-state index in [0.29, 0.717) is 16.8 Å². The Morgan fingerprint density at radius 3 is 2.66 bits per heavy atom. The highest BCUT2D eigenvalue weighted by molar-refractivity contribution is 7.89. The molecule has 0 unspecified atom stereocenters. The first-order valence-corrected chi connectivity index (χ1v) is 11.6. The van der Waals surface area contributed by atoms with Gasteiger partial charge in [0.15, 0.2) is 0 Å². The number of aliphatic hydroxyl groups is 1. The van der Waals surface area contributed by atoms with Crippen molar-refractivity contribution < 1.29 is 18.3 Å². The Labute approximate surface area is 184 Å². The summed E-state index contributed by atoms with van der Waals surface area (Å²) in [6.07, 6.45) is 2.21. The Hall–Kier alpha value is -3.50. The third-order valence-corrected chi connectivity index (χ3v) is 7.26. The quantitative estimate of drug-likeness (QED) is 0.479. The Morgan fingerprint density at radius 1 is 1.16 bits per heavy atom. The van der Waals surface area contributed by atoms with E-state index >= 15 is 0 Å². The molecule has 0 fully saturated rings. The van der Waals surface area contributed by atoms with Gasteiger partial charge in [-0.2, -0.15) is 22.7 Å². The summed E-state index contributed by atoms with van der Waals surface area (Å²) in [5.41, 5.74) is 2.55. The summed E-state index contributed by atoms with van der Waals surface area (Å²) in [6, 6.07) is 13.9. The Balaban J connectivity index is 1.39. The van der Waals surface area contributed by atoms with E-state index in [-0.39, 0.29) is 23.9 Å². The molecule has 1 amide bonds. The number of aliphatic hydroxyl groups excluding tert-OH is 1. The number of hydrogen-bond donors (Lipinski definition) is 2. The number of amides is 1. The van der Waals surface area contributed by atoms with Gasteiger partial charge in [-0.1, -0.05) is 30.3 Å². The molecule has 3 heterocycles. The molecule has 1 aliphatic heterocycles. The topological polar surface area (TPSA) is 121 Å². The summed E-state index contributed by atoms with van der Waals surface area (Å²) >= 11 is 0. The van der Waals surface area contributed by atoms with Gasteiger partial charge >= 0.3 is 0 Å². The van der Waals surface area contributed by atoms with Gasteiger partial charge in [0.1, 0.15) is 0 Å². The predicted molar refractivity (Wildman–Crippen MR) is 116 cm³/mol. The Kier molecular flexibility index (Phi) is 4.83. The van der Waals surface area contributed by atoms with E-state index in [1.807, 2.05) is 30.3 Å². The second-order valence-corrected chi connectivity index (χ2v) is 9.72.